The third kappa shape index (κ3) is 4.52. The molecule has 0 unspecified atom stereocenters. The minimum Gasteiger partial charge on any atom is -0.494 e. The van der Waals surface area contributed by atoms with E-state index >= 15 is 0 Å². The van der Waals surface area contributed by atoms with Gasteiger partial charge in [0.25, 0.3) is 0 Å². The number of fused-ring (bicyclic) bond motifs is 1. The molecule has 31 heavy (non-hydrogen) atoms. The van der Waals surface area contributed by atoms with Crippen molar-refractivity contribution in [2.24, 2.45) is 0 Å². The molecule has 0 saturated carbocycles. The normalized spacial score (nSPS) is 10.9. The van der Waals surface area contributed by atoms with Gasteiger partial charge in [0.2, 0.25) is 5.88 Å². The molecule has 5 nitrogen and oxygen atoms in total. The van der Waals surface area contributed by atoms with E-state index in [-0.39, 0.29) is 18.3 Å². The highest BCUT2D eigenvalue weighted by Gasteiger charge is 2.17. The topological polar surface area (TPSA) is 60.7 Å². The summed E-state index contributed by atoms with van der Waals surface area (Å²) in [6, 6.07) is 20.7. The van der Waals surface area contributed by atoms with Crippen molar-refractivity contribution in [3.8, 4) is 17.3 Å². The van der Waals surface area contributed by atoms with Gasteiger partial charge in [-0.2, -0.15) is 0 Å². The molecule has 0 atom stereocenters. The van der Waals surface area contributed by atoms with Crippen LogP contribution in [0.4, 0.5) is 0 Å². The number of benzene rings is 3. The van der Waals surface area contributed by atoms with E-state index in [1.165, 1.54) is 0 Å². The van der Waals surface area contributed by atoms with Gasteiger partial charge in [-0.15, -0.1) is 0 Å². The Bertz CT molecular complexity index is 1200. The Morgan fingerprint density at radius 1 is 1.00 bits per heavy atom. The molecular weight excluding hydrogens is 414 g/mol. The summed E-state index contributed by atoms with van der Waals surface area (Å²) in [5.41, 5.74) is 2.63. The van der Waals surface area contributed by atoms with E-state index in [4.69, 9.17) is 21.1 Å². The van der Waals surface area contributed by atoms with E-state index in [9.17, 15) is 9.90 Å². The van der Waals surface area contributed by atoms with Gasteiger partial charge in [-0.3, -0.25) is 9.36 Å². The summed E-state index contributed by atoms with van der Waals surface area (Å²) in [5, 5.41) is 12.6. The highest BCUT2D eigenvalue weighted by atomic mass is 35.5. The van der Waals surface area contributed by atoms with Crippen molar-refractivity contribution in [3.05, 3.63) is 89.1 Å². The van der Waals surface area contributed by atoms with E-state index in [1.807, 2.05) is 54.6 Å². The highest BCUT2D eigenvalue weighted by molar-refractivity contribution is 6.36. The second-order valence-electron chi connectivity index (χ2n) is 7.08. The molecule has 0 amide bonds. The summed E-state index contributed by atoms with van der Waals surface area (Å²) in [6.07, 6.45) is 2.01. The number of hydrogen-bond donors (Lipinski definition) is 1. The number of hydrogen-bond acceptors (Lipinski definition) is 4. The van der Waals surface area contributed by atoms with Crippen molar-refractivity contribution in [1.82, 2.24) is 4.57 Å². The zero-order chi connectivity index (χ0) is 21.8. The van der Waals surface area contributed by atoms with Crippen LogP contribution in [0.3, 0.4) is 0 Å². The average molecular weight is 436 g/mol. The van der Waals surface area contributed by atoms with Crippen LogP contribution < -0.4 is 4.74 Å². The largest absolute Gasteiger partial charge is 0.494 e. The van der Waals surface area contributed by atoms with Crippen LogP contribution >= 0.6 is 11.6 Å². The van der Waals surface area contributed by atoms with Crippen molar-refractivity contribution in [2.45, 2.75) is 20.0 Å². The number of carbonyl (C=O) groups excluding carboxylic acids is 1. The Balaban J connectivity index is 1.64. The third-order valence-electron chi connectivity index (χ3n) is 4.97. The number of rotatable bonds is 7. The molecule has 0 bridgehead atoms. The lowest BCUT2D eigenvalue weighted by Crippen LogP contribution is -2.07. The van der Waals surface area contributed by atoms with Gasteiger partial charge in [0.1, 0.15) is 12.4 Å². The number of carbonyl (C=O) groups is 1. The fourth-order valence-corrected chi connectivity index (χ4v) is 3.70. The molecule has 0 spiro atoms. The molecule has 0 aliphatic rings. The minimum absolute atomic E-state index is 0.0308. The predicted molar refractivity (Wildman–Crippen MR) is 121 cm³/mol. The average Bonchev–Trinajstić information content (AvgIpc) is 3.13. The van der Waals surface area contributed by atoms with E-state index in [1.54, 1.807) is 29.8 Å². The van der Waals surface area contributed by atoms with Gasteiger partial charge >= 0.3 is 5.97 Å². The molecule has 0 aliphatic heterocycles. The van der Waals surface area contributed by atoms with Crippen LogP contribution in [-0.4, -0.2) is 22.2 Å². The molecule has 0 aliphatic carbocycles. The standard InChI is InChI=1S/C25H22ClNO4/c1-2-30-23(28)14-17-8-10-19(11-9-17)27-15-20-22(13-12-21(26)24(20)25(27)29)31-16-18-6-4-3-5-7-18/h3-13,15,29H,2,14,16H2,1H3. The van der Waals surface area contributed by atoms with Crippen LogP contribution in [0.25, 0.3) is 16.5 Å². The lowest BCUT2D eigenvalue weighted by Gasteiger charge is -2.08. The number of aromatic nitrogens is 1. The van der Waals surface area contributed by atoms with Crippen molar-refractivity contribution >= 4 is 28.3 Å². The van der Waals surface area contributed by atoms with Crippen LogP contribution in [0.5, 0.6) is 11.6 Å². The Labute approximate surface area is 185 Å². The molecule has 6 heteroatoms. The van der Waals surface area contributed by atoms with Crippen molar-refractivity contribution in [2.75, 3.05) is 6.61 Å². The monoisotopic (exact) mass is 435 g/mol. The summed E-state index contributed by atoms with van der Waals surface area (Å²) in [5.74, 6) is 0.399. The lowest BCUT2D eigenvalue weighted by atomic mass is 10.1. The SMILES string of the molecule is CCOC(=O)Cc1ccc(-n2cc3c(OCc4ccccc4)ccc(Cl)c3c2O)cc1. The van der Waals surface area contributed by atoms with Gasteiger partial charge < -0.3 is 14.6 Å². The zero-order valence-electron chi connectivity index (χ0n) is 17.0. The predicted octanol–water partition coefficient (Wildman–Crippen LogP) is 5.67. The molecule has 4 rings (SSSR count). The van der Waals surface area contributed by atoms with Crippen molar-refractivity contribution < 1.29 is 19.4 Å². The van der Waals surface area contributed by atoms with Gasteiger partial charge in [0.05, 0.1) is 23.4 Å². The van der Waals surface area contributed by atoms with Crippen LogP contribution in [0.1, 0.15) is 18.1 Å². The van der Waals surface area contributed by atoms with Gasteiger partial charge in [0.15, 0.2) is 0 Å². The molecular formula is C25H22ClNO4. The first-order valence-electron chi connectivity index (χ1n) is 10.0. The quantitative estimate of drug-likeness (QED) is 0.380. The second-order valence-corrected chi connectivity index (χ2v) is 7.49. The maximum absolute atomic E-state index is 11.7. The Morgan fingerprint density at radius 3 is 2.45 bits per heavy atom. The number of aromatic hydroxyl groups is 1. The first kappa shape index (κ1) is 20.8. The third-order valence-corrected chi connectivity index (χ3v) is 5.29. The summed E-state index contributed by atoms with van der Waals surface area (Å²) in [4.78, 5) is 11.7. The molecule has 0 saturated heterocycles. The zero-order valence-corrected chi connectivity index (χ0v) is 17.8. The number of nitrogens with zero attached hydrogens (tertiary/aromatic N) is 1. The van der Waals surface area contributed by atoms with E-state index in [0.717, 1.165) is 22.2 Å². The summed E-state index contributed by atoms with van der Waals surface area (Å²) in [6.45, 7) is 2.55. The van der Waals surface area contributed by atoms with Crippen molar-refractivity contribution in [1.29, 1.82) is 0 Å². The summed E-state index contributed by atoms with van der Waals surface area (Å²) < 4.78 is 12.7. The molecule has 1 N–H and O–H groups in total. The minimum atomic E-state index is -0.267. The van der Waals surface area contributed by atoms with Crippen LogP contribution in [0, 0.1) is 0 Å². The first-order valence-corrected chi connectivity index (χ1v) is 10.4. The molecule has 1 heterocycles. The number of esters is 1. The highest BCUT2D eigenvalue weighted by Crippen LogP contribution is 2.40. The summed E-state index contributed by atoms with van der Waals surface area (Å²) >= 11 is 6.38. The maximum atomic E-state index is 11.7. The van der Waals surface area contributed by atoms with Gasteiger partial charge in [0, 0.05) is 17.3 Å². The van der Waals surface area contributed by atoms with Gasteiger partial charge in [-0.1, -0.05) is 54.1 Å². The number of halogens is 1. The second kappa shape index (κ2) is 9.14. The Kier molecular flexibility index (Phi) is 6.14. The maximum Gasteiger partial charge on any atom is 0.310 e. The van der Waals surface area contributed by atoms with Crippen LogP contribution in [0.2, 0.25) is 5.02 Å². The van der Waals surface area contributed by atoms with Crippen LogP contribution in [0.15, 0.2) is 72.9 Å². The molecule has 4 aromatic rings. The van der Waals surface area contributed by atoms with E-state index < -0.39 is 0 Å². The van der Waals surface area contributed by atoms with Gasteiger partial charge in [-0.25, -0.2) is 0 Å². The van der Waals surface area contributed by atoms with Crippen LogP contribution in [-0.2, 0) is 22.6 Å². The fourth-order valence-electron chi connectivity index (χ4n) is 3.45. The molecule has 0 radical (unpaired) electrons. The van der Waals surface area contributed by atoms with Gasteiger partial charge in [-0.05, 0) is 42.3 Å². The first-order chi connectivity index (χ1) is 15.1. The number of ether oxygens (including phenoxy) is 2. The molecule has 158 valence electrons. The van der Waals surface area contributed by atoms with E-state index in [2.05, 4.69) is 0 Å². The smallest absolute Gasteiger partial charge is 0.310 e. The summed E-state index contributed by atoms with van der Waals surface area (Å²) in [7, 11) is 0. The molecule has 1 aromatic heterocycles. The fraction of sp³-hybridized carbons (Fsp3) is 0.160. The van der Waals surface area contributed by atoms with E-state index in [0.29, 0.717) is 29.4 Å². The van der Waals surface area contributed by atoms with Crippen molar-refractivity contribution in [3.63, 3.8) is 0 Å². The lowest BCUT2D eigenvalue weighted by molar-refractivity contribution is -0.142. The Morgan fingerprint density at radius 2 is 1.74 bits per heavy atom. The molecule has 3 aromatic carbocycles. The Hall–Kier alpha value is -3.44. The molecule has 0 fully saturated rings.